The molecule has 12 heteroatoms. The minimum absolute atomic E-state index is 0.0125. The molecule has 0 N–H and O–H groups in total. The van der Waals surface area contributed by atoms with Crippen LogP contribution in [0.1, 0.15) is 96.8 Å². The van der Waals surface area contributed by atoms with Crippen molar-refractivity contribution in [2.75, 3.05) is 33.0 Å². The molecule has 1 aromatic carbocycles. The third-order valence-electron chi connectivity index (χ3n) is 6.55. The smallest absolute Gasteiger partial charge is 0.303 e. The maximum absolute atomic E-state index is 13.5. The molecule has 44 heavy (non-hydrogen) atoms. The van der Waals surface area contributed by atoms with Crippen LogP contribution < -0.4 is 14.2 Å². The van der Waals surface area contributed by atoms with Gasteiger partial charge in [0, 0.05) is 32.8 Å². The molecule has 12 nitrogen and oxygen atoms in total. The number of ketones is 1. The zero-order valence-electron chi connectivity index (χ0n) is 26.8. The summed E-state index contributed by atoms with van der Waals surface area (Å²) in [6.45, 7) is 10.5. The van der Waals surface area contributed by atoms with Crippen molar-refractivity contribution in [3.8, 4) is 17.2 Å². The summed E-state index contributed by atoms with van der Waals surface area (Å²) in [5, 5.41) is 0. The van der Waals surface area contributed by atoms with Crippen LogP contribution in [0.15, 0.2) is 12.1 Å². The van der Waals surface area contributed by atoms with Crippen molar-refractivity contribution in [2.45, 2.75) is 111 Å². The van der Waals surface area contributed by atoms with Crippen LogP contribution in [0.5, 0.6) is 17.2 Å². The Hall–Kier alpha value is -3.38. The molecule has 1 heterocycles. The van der Waals surface area contributed by atoms with E-state index in [9.17, 15) is 19.2 Å². The van der Waals surface area contributed by atoms with Crippen molar-refractivity contribution in [1.29, 1.82) is 0 Å². The maximum Gasteiger partial charge on any atom is 0.303 e. The second kappa shape index (κ2) is 19.8. The Morgan fingerprint density at radius 2 is 1.27 bits per heavy atom. The summed E-state index contributed by atoms with van der Waals surface area (Å²) < 4.78 is 45.7. The van der Waals surface area contributed by atoms with Crippen LogP contribution >= 0.6 is 0 Å². The topological polar surface area (TPSA) is 142 Å². The molecule has 4 atom stereocenters. The normalized spacial score (nSPS) is 19.5. The van der Waals surface area contributed by atoms with Crippen LogP contribution in [0.25, 0.3) is 0 Å². The Morgan fingerprint density at radius 1 is 0.750 bits per heavy atom. The molecule has 1 fully saturated rings. The Balaban J connectivity index is 2.32. The van der Waals surface area contributed by atoms with E-state index in [1.165, 1.54) is 20.8 Å². The fourth-order valence-electron chi connectivity index (χ4n) is 4.29. The van der Waals surface area contributed by atoms with Crippen molar-refractivity contribution >= 4 is 23.7 Å². The number of hydrogen-bond donors (Lipinski definition) is 0. The summed E-state index contributed by atoms with van der Waals surface area (Å²) in [7, 11) is 0. The van der Waals surface area contributed by atoms with Gasteiger partial charge in [-0.15, -0.1) is 0 Å². The third-order valence-corrected chi connectivity index (χ3v) is 6.55. The number of Topliss-reactive ketones (excluding diaryl/α,β-unsaturated/α-hetero) is 1. The van der Waals surface area contributed by atoms with Crippen LogP contribution in [0.2, 0.25) is 0 Å². The lowest BCUT2D eigenvalue weighted by Gasteiger charge is -2.39. The molecule has 2 rings (SSSR count). The fourth-order valence-corrected chi connectivity index (χ4v) is 4.29. The first-order chi connectivity index (χ1) is 21.1. The molecule has 0 aromatic heterocycles. The second-order valence-corrected chi connectivity index (χ2v) is 10.5. The zero-order chi connectivity index (χ0) is 32.5. The van der Waals surface area contributed by atoms with Gasteiger partial charge in [0.05, 0.1) is 19.8 Å². The van der Waals surface area contributed by atoms with Gasteiger partial charge < -0.3 is 37.9 Å². The van der Waals surface area contributed by atoms with Crippen LogP contribution in [0.3, 0.4) is 0 Å². The summed E-state index contributed by atoms with van der Waals surface area (Å²) in [4.78, 5) is 48.5. The molecule has 248 valence electrons. The highest BCUT2D eigenvalue weighted by atomic mass is 16.7. The van der Waals surface area contributed by atoms with E-state index in [0.29, 0.717) is 37.1 Å². The highest BCUT2D eigenvalue weighted by Gasteiger charge is 2.43. The Morgan fingerprint density at radius 3 is 1.77 bits per heavy atom. The van der Waals surface area contributed by atoms with Gasteiger partial charge in [0.15, 0.2) is 29.7 Å². The van der Waals surface area contributed by atoms with Crippen molar-refractivity contribution in [2.24, 2.45) is 0 Å². The number of esters is 3. The number of carbonyl (C=O) groups excluding carboxylic acids is 4. The van der Waals surface area contributed by atoms with E-state index < -0.39 is 54.9 Å². The Labute approximate surface area is 259 Å². The number of ether oxygens (including phenoxy) is 8. The van der Waals surface area contributed by atoms with Crippen LogP contribution in [0, 0.1) is 0 Å². The van der Waals surface area contributed by atoms with Crippen molar-refractivity contribution in [3.05, 3.63) is 17.7 Å². The van der Waals surface area contributed by atoms with E-state index in [4.69, 9.17) is 37.9 Å². The lowest BCUT2D eigenvalue weighted by Crippen LogP contribution is -2.53. The van der Waals surface area contributed by atoms with Crippen LogP contribution in [-0.2, 0) is 38.1 Å². The van der Waals surface area contributed by atoms with Gasteiger partial charge >= 0.3 is 17.9 Å². The Bertz CT molecular complexity index is 1040. The third kappa shape index (κ3) is 12.7. The average molecular weight is 625 g/mol. The van der Waals surface area contributed by atoms with Gasteiger partial charge in [-0.3, -0.25) is 19.2 Å². The standard InChI is InChI=1S/C32H48O12/c1-7-10-13-37-27-16-24(17-28(38-14-11-8-2)31(27)39-15-12-9-3)25(36)19-41-32-29(43-23(6)35)18-26(42-22(5)34)30(44-32)20-40-21(4)33/h16-17,26,29-30,32H,7-15,18-20H2,1-6H3. The summed E-state index contributed by atoms with van der Waals surface area (Å²) >= 11 is 0. The van der Waals surface area contributed by atoms with Gasteiger partial charge in [-0.05, 0) is 31.4 Å². The lowest BCUT2D eigenvalue weighted by atomic mass is 10.0. The van der Waals surface area contributed by atoms with Crippen LogP contribution in [-0.4, -0.2) is 81.3 Å². The largest absolute Gasteiger partial charge is 0.490 e. The highest BCUT2D eigenvalue weighted by Crippen LogP contribution is 2.40. The molecule has 0 bridgehead atoms. The van der Waals surface area contributed by atoms with Gasteiger partial charge in [0.25, 0.3) is 0 Å². The molecule has 4 unspecified atom stereocenters. The van der Waals surface area contributed by atoms with Crippen molar-refractivity contribution < 1.29 is 57.1 Å². The fraction of sp³-hybridized carbons (Fsp3) is 0.688. The van der Waals surface area contributed by atoms with E-state index in [0.717, 1.165) is 38.5 Å². The summed E-state index contributed by atoms with van der Waals surface area (Å²) in [6.07, 6.45) is 1.33. The van der Waals surface area contributed by atoms with Gasteiger partial charge in [-0.1, -0.05) is 40.0 Å². The lowest BCUT2D eigenvalue weighted by molar-refractivity contribution is -0.274. The number of rotatable bonds is 20. The summed E-state index contributed by atoms with van der Waals surface area (Å²) in [6, 6.07) is 3.22. The van der Waals surface area contributed by atoms with E-state index >= 15 is 0 Å². The predicted octanol–water partition coefficient (Wildman–Crippen LogP) is 4.96. The minimum atomic E-state index is -1.20. The molecule has 1 aromatic rings. The van der Waals surface area contributed by atoms with Gasteiger partial charge in [0.1, 0.15) is 25.4 Å². The first kappa shape index (κ1) is 36.8. The summed E-state index contributed by atoms with van der Waals surface area (Å²) in [5.74, 6) is -0.888. The number of carbonyl (C=O) groups is 4. The second-order valence-electron chi connectivity index (χ2n) is 10.5. The van der Waals surface area contributed by atoms with E-state index in [-0.39, 0.29) is 18.6 Å². The highest BCUT2D eigenvalue weighted by molar-refractivity contribution is 5.98. The van der Waals surface area contributed by atoms with Crippen molar-refractivity contribution in [3.63, 3.8) is 0 Å². The molecule has 1 saturated heterocycles. The molecule has 1 aliphatic heterocycles. The maximum atomic E-state index is 13.5. The first-order valence-corrected chi connectivity index (χ1v) is 15.4. The van der Waals surface area contributed by atoms with Gasteiger partial charge in [0.2, 0.25) is 5.75 Å². The molecule has 1 aliphatic rings. The van der Waals surface area contributed by atoms with Gasteiger partial charge in [-0.25, -0.2) is 0 Å². The van der Waals surface area contributed by atoms with Gasteiger partial charge in [-0.2, -0.15) is 0 Å². The summed E-state index contributed by atoms with van der Waals surface area (Å²) in [5.41, 5.74) is 0.278. The molecular formula is C32H48O12. The predicted molar refractivity (Wildman–Crippen MR) is 159 cm³/mol. The molecule has 0 radical (unpaired) electrons. The number of hydrogen-bond acceptors (Lipinski definition) is 12. The monoisotopic (exact) mass is 624 g/mol. The number of benzene rings is 1. The quantitative estimate of drug-likeness (QED) is 0.0837. The molecule has 0 amide bonds. The SMILES string of the molecule is CCCCOc1cc(C(=O)COC2OC(COC(C)=O)C(OC(C)=O)CC2OC(C)=O)cc(OCCCC)c1OCCCC. The van der Waals surface area contributed by atoms with Crippen molar-refractivity contribution in [1.82, 2.24) is 0 Å². The molecule has 0 saturated carbocycles. The first-order valence-electron chi connectivity index (χ1n) is 15.4. The Kier molecular flexibility index (Phi) is 16.6. The molecule has 0 aliphatic carbocycles. The number of unbranched alkanes of at least 4 members (excludes halogenated alkanes) is 3. The van der Waals surface area contributed by atoms with E-state index in [2.05, 4.69) is 20.8 Å². The zero-order valence-corrected chi connectivity index (χ0v) is 26.8. The average Bonchev–Trinajstić information content (AvgIpc) is 2.96. The minimum Gasteiger partial charge on any atom is -0.490 e. The molecule has 0 spiro atoms. The van der Waals surface area contributed by atoms with E-state index in [1.54, 1.807) is 12.1 Å². The molecular weight excluding hydrogens is 576 g/mol. The van der Waals surface area contributed by atoms with Crippen LogP contribution in [0.4, 0.5) is 0 Å². The van der Waals surface area contributed by atoms with E-state index in [1.807, 2.05) is 0 Å².